The van der Waals surface area contributed by atoms with Gasteiger partial charge in [0.2, 0.25) is 5.91 Å². The van der Waals surface area contributed by atoms with Crippen molar-refractivity contribution < 1.29 is 33.3 Å². The van der Waals surface area contributed by atoms with Crippen LogP contribution in [0.3, 0.4) is 0 Å². The average Bonchev–Trinajstić information content (AvgIpc) is 3.17. The summed E-state index contributed by atoms with van der Waals surface area (Å²) in [6.07, 6.45) is -0.606. The summed E-state index contributed by atoms with van der Waals surface area (Å²) in [6.45, 7) is 2.53. The van der Waals surface area contributed by atoms with Crippen molar-refractivity contribution in [1.82, 2.24) is 14.9 Å². The normalized spacial score (nSPS) is 12.3. The highest BCUT2D eigenvalue weighted by Gasteiger charge is 2.39. The van der Waals surface area contributed by atoms with Crippen LogP contribution < -0.4 is 26.0 Å². The second-order valence-electron chi connectivity index (χ2n) is 12.0. The average molecular weight is 708 g/mol. The number of hydrogen-bond donors (Lipinski definition) is 2. The summed E-state index contributed by atoms with van der Waals surface area (Å²) in [5, 5.41) is 2.88. The van der Waals surface area contributed by atoms with Crippen LogP contribution in [0.25, 0.3) is 0 Å². The van der Waals surface area contributed by atoms with E-state index in [0.717, 1.165) is 26.8 Å². The number of ether oxygens (including phenoxy) is 5. The van der Waals surface area contributed by atoms with E-state index in [-0.39, 0.29) is 18.8 Å². The highest BCUT2D eigenvalue weighted by atomic mass is 16.7. The third-order valence-corrected chi connectivity index (χ3v) is 8.55. The summed E-state index contributed by atoms with van der Waals surface area (Å²) in [6, 6.07) is 32.7. The zero-order valence-corrected chi connectivity index (χ0v) is 29.4. The SMILES string of the molecule is COc1ccc(C(OC[C@H](NC(=O)Cn2cc(C)c(=O)[nH]c2=O)[C@H](C)OC(=O)OCc2ccccc2)(c2ccccc2)c2ccc(OC)cc2)cc1. The summed E-state index contributed by atoms with van der Waals surface area (Å²) < 4.78 is 30.0. The second-order valence-corrected chi connectivity index (χ2v) is 12.0. The second kappa shape index (κ2) is 17.2. The molecule has 270 valence electrons. The molecule has 1 heterocycles. The molecule has 2 atom stereocenters. The van der Waals surface area contributed by atoms with Gasteiger partial charge in [0.15, 0.2) is 0 Å². The van der Waals surface area contributed by atoms with Crippen LogP contribution in [-0.2, 0) is 37.8 Å². The third kappa shape index (κ3) is 8.95. The van der Waals surface area contributed by atoms with Crippen LogP contribution in [0.15, 0.2) is 125 Å². The number of amides is 1. The number of aromatic nitrogens is 2. The van der Waals surface area contributed by atoms with Crippen LogP contribution in [0.5, 0.6) is 11.5 Å². The van der Waals surface area contributed by atoms with Gasteiger partial charge in [-0.1, -0.05) is 84.9 Å². The van der Waals surface area contributed by atoms with Crippen LogP contribution in [0, 0.1) is 6.92 Å². The lowest BCUT2D eigenvalue weighted by Crippen LogP contribution is -2.50. The Morgan fingerprint density at radius 3 is 1.88 bits per heavy atom. The predicted octanol–water partition coefficient (Wildman–Crippen LogP) is 5.10. The van der Waals surface area contributed by atoms with Crippen molar-refractivity contribution in [3.8, 4) is 11.5 Å². The minimum Gasteiger partial charge on any atom is -0.497 e. The van der Waals surface area contributed by atoms with E-state index in [4.69, 9.17) is 23.7 Å². The molecule has 52 heavy (non-hydrogen) atoms. The van der Waals surface area contributed by atoms with Crippen molar-refractivity contribution in [2.75, 3.05) is 20.8 Å². The molecular formula is C40H41N3O9. The number of carbonyl (C=O) groups excluding carboxylic acids is 2. The monoisotopic (exact) mass is 707 g/mol. The number of aryl methyl sites for hydroxylation is 1. The molecule has 4 aromatic carbocycles. The van der Waals surface area contributed by atoms with E-state index in [9.17, 15) is 19.2 Å². The third-order valence-electron chi connectivity index (χ3n) is 8.55. The van der Waals surface area contributed by atoms with E-state index < -0.39 is 47.6 Å². The number of rotatable bonds is 15. The van der Waals surface area contributed by atoms with E-state index in [0.29, 0.717) is 11.5 Å². The lowest BCUT2D eigenvalue weighted by molar-refractivity contribution is -0.125. The molecule has 2 N–H and O–H groups in total. The molecule has 0 radical (unpaired) electrons. The fourth-order valence-electron chi connectivity index (χ4n) is 5.71. The summed E-state index contributed by atoms with van der Waals surface area (Å²) in [5.41, 5.74) is 0.782. The Hall–Kier alpha value is -6.14. The number of nitrogens with one attached hydrogen (secondary N) is 2. The Kier molecular flexibility index (Phi) is 12.3. The largest absolute Gasteiger partial charge is 0.508 e. The van der Waals surface area contributed by atoms with Crippen molar-refractivity contribution >= 4 is 12.1 Å². The van der Waals surface area contributed by atoms with Crippen molar-refractivity contribution in [3.63, 3.8) is 0 Å². The molecule has 0 aliphatic carbocycles. The maximum absolute atomic E-state index is 13.5. The summed E-state index contributed by atoms with van der Waals surface area (Å²) in [7, 11) is 3.17. The van der Waals surface area contributed by atoms with Crippen LogP contribution in [0.4, 0.5) is 4.79 Å². The molecule has 5 aromatic rings. The van der Waals surface area contributed by atoms with E-state index in [1.807, 2.05) is 109 Å². The standard InChI is InChI=1S/C40H41N3O9/c1-27-23-43(38(46)42-37(27)45)24-36(44)41-35(28(2)52-39(47)50-25-29-11-7-5-8-12-29)26-51-40(30-13-9-6-10-14-30,31-15-19-33(48-3)20-16-31)32-17-21-34(49-4)22-18-32/h5-23,28,35H,24-26H2,1-4H3,(H,41,44)(H,42,45,46)/t28-,35-/m0/s1. The minimum absolute atomic E-state index is 0.0134. The van der Waals surface area contributed by atoms with E-state index in [1.54, 1.807) is 21.1 Å². The molecular weight excluding hydrogens is 666 g/mol. The minimum atomic E-state index is -1.25. The molecule has 1 aromatic heterocycles. The molecule has 0 spiro atoms. The smallest absolute Gasteiger partial charge is 0.497 e. The van der Waals surface area contributed by atoms with Gasteiger partial charge in [-0.2, -0.15) is 0 Å². The number of benzene rings is 4. The van der Waals surface area contributed by atoms with Gasteiger partial charge >= 0.3 is 11.8 Å². The van der Waals surface area contributed by atoms with Crippen LogP contribution in [0.1, 0.15) is 34.7 Å². The molecule has 0 aliphatic rings. The van der Waals surface area contributed by atoms with Crippen LogP contribution in [-0.4, -0.2) is 54.6 Å². The first-order valence-corrected chi connectivity index (χ1v) is 16.6. The van der Waals surface area contributed by atoms with E-state index in [2.05, 4.69) is 10.3 Å². The van der Waals surface area contributed by atoms with Gasteiger partial charge in [-0.3, -0.25) is 19.1 Å². The number of nitrogens with zero attached hydrogens (tertiary/aromatic N) is 1. The molecule has 0 unspecified atom stereocenters. The fourth-order valence-corrected chi connectivity index (χ4v) is 5.71. The van der Waals surface area contributed by atoms with Crippen molar-refractivity contribution in [3.05, 3.63) is 164 Å². The number of aromatic amines is 1. The number of carbonyl (C=O) groups is 2. The highest BCUT2D eigenvalue weighted by Crippen LogP contribution is 2.42. The van der Waals surface area contributed by atoms with Gasteiger partial charge in [-0.25, -0.2) is 9.59 Å². The Bertz CT molecular complexity index is 2000. The number of H-pyrrole nitrogens is 1. The van der Waals surface area contributed by atoms with Gasteiger partial charge in [-0.15, -0.1) is 0 Å². The Morgan fingerprint density at radius 2 is 1.33 bits per heavy atom. The fraction of sp³-hybridized carbons (Fsp3) is 0.250. The maximum atomic E-state index is 13.5. The Labute approximate surface area is 300 Å². The first kappa shape index (κ1) is 37.1. The summed E-state index contributed by atoms with van der Waals surface area (Å²) in [4.78, 5) is 53.1. The molecule has 0 saturated heterocycles. The number of hydrogen-bond acceptors (Lipinski definition) is 9. The van der Waals surface area contributed by atoms with E-state index in [1.165, 1.54) is 13.1 Å². The molecule has 1 amide bonds. The molecule has 0 fully saturated rings. The predicted molar refractivity (Wildman–Crippen MR) is 193 cm³/mol. The summed E-state index contributed by atoms with van der Waals surface area (Å²) >= 11 is 0. The molecule has 12 nitrogen and oxygen atoms in total. The topological polar surface area (TPSA) is 147 Å². The number of methoxy groups -OCH3 is 2. The zero-order chi connectivity index (χ0) is 37.1. The van der Waals surface area contributed by atoms with Crippen molar-refractivity contribution in [2.24, 2.45) is 0 Å². The quantitative estimate of drug-likeness (QED) is 0.112. The maximum Gasteiger partial charge on any atom is 0.508 e. The zero-order valence-electron chi connectivity index (χ0n) is 29.4. The van der Waals surface area contributed by atoms with Gasteiger partial charge < -0.3 is 29.0 Å². The van der Waals surface area contributed by atoms with Gasteiger partial charge in [0.05, 0.1) is 26.9 Å². The van der Waals surface area contributed by atoms with E-state index >= 15 is 0 Å². The molecule has 12 heteroatoms. The van der Waals surface area contributed by atoms with Crippen LogP contribution >= 0.6 is 0 Å². The van der Waals surface area contributed by atoms with Gasteiger partial charge in [0.25, 0.3) is 5.56 Å². The van der Waals surface area contributed by atoms with Gasteiger partial charge in [0.1, 0.15) is 36.4 Å². The lowest BCUT2D eigenvalue weighted by atomic mass is 9.80. The summed E-state index contributed by atoms with van der Waals surface area (Å²) in [5.74, 6) is 0.707. The molecule has 0 bridgehead atoms. The Morgan fingerprint density at radius 1 is 0.788 bits per heavy atom. The lowest BCUT2D eigenvalue weighted by Gasteiger charge is -2.38. The Balaban J connectivity index is 1.50. The molecule has 0 saturated carbocycles. The van der Waals surface area contributed by atoms with Crippen LogP contribution in [0.2, 0.25) is 0 Å². The van der Waals surface area contributed by atoms with Crippen molar-refractivity contribution in [2.45, 2.75) is 44.7 Å². The highest BCUT2D eigenvalue weighted by molar-refractivity contribution is 5.76. The van der Waals surface area contributed by atoms with Gasteiger partial charge in [-0.05, 0) is 60.4 Å². The first-order valence-electron chi connectivity index (χ1n) is 16.6. The van der Waals surface area contributed by atoms with Gasteiger partial charge in [0, 0.05) is 11.8 Å². The molecule has 0 aliphatic heterocycles. The van der Waals surface area contributed by atoms with Crippen molar-refractivity contribution in [1.29, 1.82) is 0 Å². The molecule has 5 rings (SSSR count). The first-order chi connectivity index (χ1) is 25.1.